The third-order valence-electron chi connectivity index (χ3n) is 1.81. The van der Waals surface area contributed by atoms with E-state index in [1.807, 2.05) is 19.1 Å². The molecule has 64 valence electrons. The Balaban J connectivity index is 2.87. The quantitative estimate of drug-likeness (QED) is 0.408. The number of benzene rings is 1. The average Bonchev–Trinajstić information content (AvgIpc) is 2.58. The lowest BCUT2D eigenvalue weighted by molar-refractivity contribution is 0.959. The lowest BCUT2D eigenvalue weighted by Gasteiger charge is -1.96. The summed E-state index contributed by atoms with van der Waals surface area (Å²) in [6.07, 6.45) is 0. The second-order valence-corrected chi connectivity index (χ2v) is 2.61. The molecule has 1 N–H and O–H groups in total. The smallest absolute Gasteiger partial charge is 0.122 e. The van der Waals surface area contributed by atoms with Gasteiger partial charge in [0.15, 0.2) is 0 Å². The largest absolute Gasteiger partial charge is 0.197 e. The molecule has 2 aromatic rings. The number of hydrogen-bond acceptors (Lipinski definition) is 3. The van der Waals surface area contributed by atoms with Gasteiger partial charge in [-0.2, -0.15) is 15.4 Å². The first-order valence-electron chi connectivity index (χ1n) is 3.68. The summed E-state index contributed by atoms with van der Waals surface area (Å²) in [6.45, 7) is 1.86. The minimum absolute atomic E-state index is 0.536. The van der Waals surface area contributed by atoms with Gasteiger partial charge in [-0.05, 0) is 24.1 Å². The Hall–Kier alpha value is -2.07. The third kappa shape index (κ3) is 1.09. The second kappa shape index (κ2) is 2.76. The van der Waals surface area contributed by atoms with Gasteiger partial charge in [0.25, 0.3) is 0 Å². The second-order valence-electron chi connectivity index (χ2n) is 2.61. The SMILES string of the molecule is Cc1ccc2n[nH]nc2c1N=[N+]=[N-]. The number of hydrogen-bond donors (Lipinski definition) is 1. The highest BCUT2D eigenvalue weighted by Crippen LogP contribution is 2.26. The van der Waals surface area contributed by atoms with Crippen LogP contribution in [0.5, 0.6) is 0 Å². The summed E-state index contributed by atoms with van der Waals surface area (Å²) in [7, 11) is 0. The van der Waals surface area contributed by atoms with Crippen molar-refractivity contribution in [2.45, 2.75) is 6.92 Å². The van der Waals surface area contributed by atoms with E-state index >= 15 is 0 Å². The van der Waals surface area contributed by atoms with Crippen LogP contribution < -0.4 is 0 Å². The molecule has 1 heterocycles. The van der Waals surface area contributed by atoms with Crippen molar-refractivity contribution in [3.63, 3.8) is 0 Å². The van der Waals surface area contributed by atoms with E-state index in [9.17, 15) is 0 Å². The van der Waals surface area contributed by atoms with E-state index in [2.05, 4.69) is 25.4 Å². The summed E-state index contributed by atoms with van der Waals surface area (Å²) < 4.78 is 0. The van der Waals surface area contributed by atoms with Crippen molar-refractivity contribution < 1.29 is 0 Å². The van der Waals surface area contributed by atoms with Crippen molar-refractivity contribution >= 4 is 16.7 Å². The predicted molar refractivity (Wildman–Crippen MR) is 47.4 cm³/mol. The Bertz CT molecular complexity index is 493. The molecule has 0 saturated heterocycles. The van der Waals surface area contributed by atoms with Gasteiger partial charge in [-0.1, -0.05) is 11.2 Å². The zero-order valence-corrected chi connectivity index (χ0v) is 6.89. The van der Waals surface area contributed by atoms with Crippen LogP contribution in [0.25, 0.3) is 21.5 Å². The molecule has 1 aromatic heterocycles. The summed E-state index contributed by atoms with van der Waals surface area (Å²) in [4.78, 5) is 2.74. The van der Waals surface area contributed by atoms with Crippen LogP contribution in [0.15, 0.2) is 17.2 Å². The maximum absolute atomic E-state index is 8.34. The molecule has 6 heteroatoms. The monoisotopic (exact) mass is 174 g/mol. The molecule has 0 spiro atoms. The molecule has 0 fully saturated rings. The Kier molecular flexibility index (Phi) is 1.61. The zero-order chi connectivity index (χ0) is 9.26. The van der Waals surface area contributed by atoms with Gasteiger partial charge in [0.1, 0.15) is 11.0 Å². The highest BCUT2D eigenvalue weighted by atomic mass is 15.3. The van der Waals surface area contributed by atoms with Gasteiger partial charge >= 0.3 is 0 Å². The standard InChI is InChI=1S/C7H6N6/c1-4-2-3-5-7(11-13-9-5)6(4)10-12-8/h2-3H,1H3,(H,9,11,13). The maximum atomic E-state index is 8.34. The molecule has 1 aromatic carbocycles. The topological polar surface area (TPSA) is 90.3 Å². The van der Waals surface area contributed by atoms with Crippen molar-refractivity contribution in [1.82, 2.24) is 15.4 Å². The summed E-state index contributed by atoms with van der Waals surface area (Å²) in [5.74, 6) is 0. The van der Waals surface area contributed by atoms with Crippen molar-refractivity contribution in [2.75, 3.05) is 0 Å². The van der Waals surface area contributed by atoms with Crippen LogP contribution in [0.3, 0.4) is 0 Å². The number of aromatic amines is 1. The number of rotatable bonds is 1. The number of nitrogens with zero attached hydrogens (tertiary/aromatic N) is 5. The van der Waals surface area contributed by atoms with Gasteiger partial charge < -0.3 is 0 Å². The first-order chi connectivity index (χ1) is 6.33. The predicted octanol–water partition coefficient (Wildman–Crippen LogP) is 2.21. The number of fused-ring (bicyclic) bond motifs is 1. The van der Waals surface area contributed by atoms with E-state index in [4.69, 9.17) is 5.53 Å². The van der Waals surface area contributed by atoms with Gasteiger partial charge in [0, 0.05) is 4.91 Å². The van der Waals surface area contributed by atoms with Crippen molar-refractivity contribution in [3.05, 3.63) is 28.1 Å². The Morgan fingerprint density at radius 3 is 3.08 bits per heavy atom. The van der Waals surface area contributed by atoms with Gasteiger partial charge in [-0.15, -0.1) is 0 Å². The average molecular weight is 174 g/mol. The van der Waals surface area contributed by atoms with Crippen LogP contribution >= 0.6 is 0 Å². The fraction of sp³-hybridized carbons (Fsp3) is 0.143. The lowest BCUT2D eigenvalue weighted by atomic mass is 10.2. The van der Waals surface area contributed by atoms with E-state index in [1.165, 1.54) is 0 Å². The van der Waals surface area contributed by atoms with E-state index in [0.717, 1.165) is 5.56 Å². The number of nitrogens with one attached hydrogen (secondary N) is 1. The summed E-state index contributed by atoms with van der Waals surface area (Å²) in [6, 6.07) is 3.67. The van der Waals surface area contributed by atoms with E-state index < -0.39 is 0 Å². The van der Waals surface area contributed by atoms with E-state index in [-0.39, 0.29) is 0 Å². The fourth-order valence-electron chi connectivity index (χ4n) is 1.17. The molecular weight excluding hydrogens is 168 g/mol. The number of aromatic nitrogens is 3. The van der Waals surface area contributed by atoms with Crippen LogP contribution in [0.4, 0.5) is 5.69 Å². The number of aryl methyl sites for hydroxylation is 1. The van der Waals surface area contributed by atoms with Crippen LogP contribution in [0.2, 0.25) is 0 Å². The zero-order valence-electron chi connectivity index (χ0n) is 6.89. The summed E-state index contributed by atoms with van der Waals surface area (Å²) in [5, 5.41) is 13.8. The highest BCUT2D eigenvalue weighted by molar-refractivity contribution is 5.87. The molecule has 0 radical (unpaired) electrons. The van der Waals surface area contributed by atoms with Crippen LogP contribution in [-0.4, -0.2) is 15.4 Å². The molecule has 0 aliphatic heterocycles. The van der Waals surface area contributed by atoms with E-state index in [0.29, 0.717) is 16.7 Å². The molecule has 2 rings (SSSR count). The molecule has 6 nitrogen and oxygen atoms in total. The van der Waals surface area contributed by atoms with Gasteiger partial charge in [-0.25, -0.2) is 0 Å². The Labute approximate surface area is 73.2 Å². The van der Waals surface area contributed by atoms with Crippen molar-refractivity contribution in [2.24, 2.45) is 5.11 Å². The highest BCUT2D eigenvalue weighted by Gasteiger charge is 2.05. The molecule has 0 bridgehead atoms. The molecule has 0 saturated carbocycles. The van der Waals surface area contributed by atoms with Crippen LogP contribution in [-0.2, 0) is 0 Å². The number of azide groups is 1. The molecule has 0 aliphatic rings. The van der Waals surface area contributed by atoms with Crippen molar-refractivity contribution in [1.29, 1.82) is 0 Å². The number of H-pyrrole nitrogens is 1. The van der Waals surface area contributed by atoms with Gasteiger partial charge in [0.05, 0.1) is 5.69 Å². The Morgan fingerprint density at radius 2 is 2.31 bits per heavy atom. The minimum atomic E-state index is 0.536. The van der Waals surface area contributed by atoms with Crippen LogP contribution in [0, 0.1) is 6.92 Å². The van der Waals surface area contributed by atoms with Gasteiger partial charge in [0.2, 0.25) is 0 Å². The van der Waals surface area contributed by atoms with Crippen LogP contribution in [0.1, 0.15) is 5.56 Å². The first-order valence-corrected chi connectivity index (χ1v) is 3.68. The summed E-state index contributed by atoms with van der Waals surface area (Å²) in [5.41, 5.74) is 11.1. The molecular formula is C7H6N6. The minimum Gasteiger partial charge on any atom is -0.197 e. The Morgan fingerprint density at radius 1 is 1.46 bits per heavy atom. The summed E-state index contributed by atoms with van der Waals surface area (Å²) >= 11 is 0. The maximum Gasteiger partial charge on any atom is 0.122 e. The molecule has 13 heavy (non-hydrogen) atoms. The lowest BCUT2D eigenvalue weighted by Crippen LogP contribution is -1.76. The van der Waals surface area contributed by atoms with Crippen molar-refractivity contribution in [3.8, 4) is 0 Å². The van der Waals surface area contributed by atoms with E-state index in [1.54, 1.807) is 0 Å². The molecule has 0 amide bonds. The first kappa shape index (κ1) is 7.57. The molecule has 0 atom stereocenters. The molecule has 0 unspecified atom stereocenters. The normalized spacial score (nSPS) is 9.92. The van der Waals surface area contributed by atoms with Gasteiger partial charge in [-0.3, -0.25) is 0 Å². The third-order valence-corrected chi connectivity index (χ3v) is 1.81. The molecule has 0 aliphatic carbocycles. The fourth-order valence-corrected chi connectivity index (χ4v) is 1.17.